The second-order valence-electron chi connectivity index (χ2n) is 9.29. The fraction of sp³-hybridized carbons (Fsp3) is 0.680. The molecule has 5 nitrogen and oxygen atoms in total. The van der Waals surface area contributed by atoms with Gasteiger partial charge in [-0.2, -0.15) is 5.26 Å². The zero-order chi connectivity index (χ0) is 22.3. The first-order valence-electron chi connectivity index (χ1n) is 11.7. The van der Waals surface area contributed by atoms with Crippen LogP contribution in [0.25, 0.3) is 0 Å². The maximum absolute atomic E-state index is 11.0. The predicted octanol–water partition coefficient (Wildman–Crippen LogP) is 5.04. The zero-order valence-corrected chi connectivity index (χ0v) is 19.0. The monoisotopic (exact) mass is 445 g/mol. The highest BCUT2D eigenvalue weighted by molar-refractivity contribution is 7.10. The number of aliphatic carboxylic acids is 1. The van der Waals surface area contributed by atoms with Crippen LogP contribution in [0.1, 0.15) is 75.5 Å². The summed E-state index contributed by atoms with van der Waals surface area (Å²) in [6.45, 7) is 0. The third-order valence-electron chi connectivity index (χ3n) is 7.41. The Kier molecular flexibility index (Phi) is 8.71. The quantitative estimate of drug-likeness (QED) is 0.309. The van der Waals surface area contributed by atoms with Crippen molar-refractivity contribution in [3.05, 3.63) is 34.5 Å². The number of aliphatic hydroxyl groups excluding tert-OH is 2. The average Bonchev–Trinajstić information content (AvgIpc) is 3.33. The molecule has 1 aromatic rings. The molecule has 1 aromatic heterocycles. The molecular weight excluding hydrogens is 410 g/mol. The van der Waals surface area contributed by atoms with Gasteiger partial charge in [0.25, 0.3) is 0 Å². The van der Waals surface area contributed by atoms with Crippen molar-refractivity contribution in [2.24, 2.45) is 17.8 Å². The fourth-order valence-electron chi connectivity index (χ4n) is 5.42. The van der Waals surface area contributed by atoms with E-state index in [1.54, 1.807) is 11.3 Å². The van der Waals surface area contributed by atoms with E-state index < -0.39 is 18.2 Å². The van der Waals surface area contributed by atoms with Crippen LogP contribution in [0.15, 0.2) is 29.7 Å². The summed E-state index contributed by atoms with van der Waals surface area (Å²) in [6.07, 6.45) is 12.0. The number of carboxylic acids is 1. The van der Waals surface area contributed by atoms with Crippen LogP contribution in [-0.2, 0) is 10.2 Å². The first-order chi connectivity index (χ1) is 15.0. The van der Waals surface area contributed by atoms with E-state index >= 15 is 0 Å². The Morgan fingerprint density at radius 3 is 2.71 bits per heavy atom. The third kappa shape index (κ3) is 5.77. The number of thiophene rings is 1. The minimum absolute atomic E-state index is 0.0463. The van der Waals surface area contributed by atoms with Crippen molar-refractivity contribution in [3.63, 3.8) is 0 Å². The molecule has 0 aliphatic heterocycles. The molecule has 2 aliphatic rings. The molecule has 2 saturated carbocycles. The molecule has 3 N–H and O–H groups in total. The molecule has 0 spiro atoms. The summed E-state index contributed by atoms with van der Waals surface area (Å²) in [6, 6.07) is 6.56. The number of hydrogen-bond acceptors (Lipinski definition) is 5. The molecule has 5 atom stereocenters. The van der Waals surface area contributed by atoms with Crippen molar-refractivity contribution in [1.29, 1.82) is 5.26 Å². The number of carbonyl (C=O) groups is 1. The maximum Gasteiger partial charge on any atom is 0.303 e. The van der Waals surface area contributed by atoms with Gasteiger partial charge in [-0.1, -0.05) is 43.9 Å². The molecule has 3 rings (SSSR count). The normalized spacial score (nSPS) is 28.3. The zero-order valence-electron chi connectivity index (χ0n) is 18.2. The van der Waals surface area contributed by atoms with Gasteiger partial charge in [-0.3, -0.25) is 4.79 Å². The van der Waals surface area contributed by atoms with Crippen LogP contribution in [0.4, 0.5) is 0 Å². The van der Waals surface area contributed by atoms with Gasteiger partial charge in [0.05, 0.1) is 24.2 Å². The van der Waals surface area contributed by atoms with E-state index in [9.17, 15) is 20.3 Å². The van der Waals surface area contributed by atoms with Gasteiger partial charge in [-0.25, -0.2) is 0 Å². The molecule has 0 amide bonds. The van der Waals surface area contributed by atoms with Gasteiger partial charge >= 0.3 is 5.97 Å². The lowest BCUT2D eigenvalue weighted by atomic mass is 9.63. The van der Waals surface area contributed by atoms with Crippen LogP contribution in [0.5, 0.6) is 0 Å². The molecule has 0 saturated heterocycles. The fourth-order valence-corrected chi connectivity index (χ4v) is 6.46. The molecule has 1 unspecified atom stereocenters. The lowest BCUT2D eigenvalue weighted by Crippen LogP contribution is -2.44. The van der Waals surface area contributed by atoms with Crippen LogP contribution < -0.4 is 0 Å². The van der Waals surface area contributed by atoms with Crippen LogP contribution >= 0.6 is 11.3 Å². The van der Waals surface area contributed by atoms with Crippen LogP contribution in [0.3, 0.4) is 0 Å². The van der Waals surface area contributed by atoms with Crippen molar-refractivity contribution in [1.82, 2.24) is 0 Å². The Hall–Kier alpha value is -1.68. The number of hydrogen-bond donors (Lipinski definition) is 3. The highest BCUT2D eigenvalue weighted by Gasteiger charge is 2.45. The van der Waals surface area contributed by atoms with Crippen LogP contribution in [-0.4, -0.2) is 33.5 Å². The summed E-state index contributed by atoms with van der Waals surface area (Å²) in [5.41, 5.74) is -0.114. The Morgan fingerprint density at radius 2 is 2.10 bits per heavy atom. The largest absolute Gasteiger partial charge is 0.481 e. The number of unbranched alkanes of at least 4 members (excludes halogenated alkanes) is 3. The minimum atomic E-state index is -0.751. The Labute approximate surface area is 189 Å². The Morgan fingerprint density at radius 1 is 1.32 bits per heavy atom. The number of nitriles is 1. The summed E-state index contributed by atoms with van der Waals surface area (Å²) in [4.78, 5) is 11.9. The second-order valence-corrected chi connectivity index (χ2v) is 10.2. The van der Waals surface area contributed by atoms with Crippen LogP contribution in [0.2, 0.25) is 0 Å². The first-order valence-corrected chi connectivity index (χ1v) is 12.5. The molecule has 2 aliphatic carbocycles. The molecule has 6 heteroatoms. The molecule has 2 fully saturated rings. The number of aliphatic hydroxyl groups is 2. The number of nitrogens with zero attached hydrogens (tertiary/aromatic N) is 1. The standard InChI is InChI=1S/C25H35NO4S/c26-17-18-16-21(27)20(19(18)8-3-1-2-4-12-24(29)30)9-5-10-22(28)25(13-7-14-25)23-11-6-15-31-23/h5-6,9,11,15,18-22,27-28H,1-4,7-8,10,12-14,16H2,(H,29,30)/t18-,19+,20+,21-,22?/m1/s1. The Bertz CT molecular complexity index is 765. The summed E-state index contributed by atoms with van der Waals surface area (Å²) in [5.74, 6) is -0.811. The third-order valence-corrected chi connectivity index (χ3v) is 8.50. The van der Waals surface area contributed by atoms with Crippen molar-refractivity contribution < 1.29 is 20.1 Å². The topological polar surface area (TPSA) is 102 Å². The van der Waals surface area contributed by atoms with Crippen molar-refractivity contribution in [2.45, 2.75) is 88.3 Å². The smallest absolute Gasteiger partial charge is 0.303 e. The van der Waals surface area contributed by atoms with Gasteiger partial charge in [0.15, 0.2) is 0 Å². The molecule has 1 heterocycles. The lowest BCUT2D eigenvalue weighted by molar-refractivity contribution is -0.137. The van der Waals surface area contributed by atoms with E-state index in [0.717, 1.165) is 44.9 Å². The van der Waals surface area contributed by atoms with E-state index in [1.165, 1.54) is 4.88 Å². The van der Waals surface area contributed by atoms with E-state index in [2.05, 4.69) is 17.5 Å². The SMILES string of the molecule is N#C[C@H]1C[C@@H](O)[C@@H](C=CCC(O)C2(c3cccs3)CCC2)[C@H]1CCCCCCC(=O)O. The van der Waals surface area contributed by atoms with Gasteiger partial charge < -0.3 is 15.3 Å². The van der Waals surface area contributed by atoms with Gasteiger partial charge in [0, 0.05) is 22.6 Å². The maximum atomic E-state index is 11.0. The molecule has 0 bridgehead atoms. The van der Waals surface area contributed by atoms with Gasteiger partial charge in [-0.05, 0) is 55.9 Å². The van der Waals surface area contributed by atoms with E-state index in [0.29, 0.717) is 19.3 Å². The Balaban J connectivity index is 1.53. The molecular formula is C25H35NO4S. The summed E-state index contributed by atoms with van der Waals surface area (Å²) in [5, 5.41) is 41.9. The van der Waals surface area contributed by atoms with Crippen molar-refractivity contribution in [3.8, 4) is 6.07 Å². The van der Waals surface area contributed by atoms with Crippen molar-refractivity contribution in [2.75, 3.05) is 0 Å². The molecule has 0 radical (unpaired) electrons. The summed E-state index contributed by atoms with van der Waals surface area (Å²) < 4.78 is 0. The van der Waals surface area contributed by atoms with E-state index in [1.807, 2.05) is 18.2 Å². The highest BCUT2D eigenvalue weighted by atomic mass is 32.1. The van der Waals surface area contributed by atoms with Crippen molar-refractivity contribution >= 4 is 17.3 Å². The first kappa shape index (κ1) is 24.0. The predicted molar refractivity (Wildman–Crippen MR) is 122 cm³/mol. The highest BCUT2D eigenvalue weighted by Crippen LogP contribution is 2.49. The molecule has 170 valence electrons. The second kappa shape index (κ2) is 11.3. The van der Waals surface area contributed by atoms with E-state index in [4.69, 9.17) is 5.11 Å². The molecule has 0 aromatic carbocycles. The minimum Gasteiger partial charge on any atom is -0.481 e. The summed E-state index contributed by atoms with van der Waals surface area (Å²) in [7, 11) is 0. The van der Waals surface area contributed by atoms with Gasteiger partial charge in [-0.15, -0.1) is 11.3 Å². The summed E-state index contributed by atoms with van der Waals surface area (Å²) >= 11 is 1.72. The number of carboxylic acid groups (broad SMARTS) is 1. The van der Waals surface area contributed by atoms with Gasteiger partial charge in [0.2, 0.25) is 0 Å². The van der Waals surface area contributed by atoms with Crippen LogP contribution in [0, 0.1) is 29.1 Å². The number of rotatable bonds is 12. The van der Waals surface area contributed by atoms with E-state index in [-0.39, 0.29) is 29.6 Å². The molecule has 31 heavy (non-hydrogen) atoms. The lowest BCUT2D eigenvalue weighted by Gasteiger charge is -2.45. The van der Waals surface area contributed by atoms with Gasteiger partial charge in [0.1, 0.15) is 0 Å². The average molecular weight is 446 g/mol.